The molecule has 1 atom stereocenters. The van der Waals surface area contributed by atoms with Crippen LogP contribution in [0.1, 0.15) is 36.3 Å². The molecule has 10 nitrogen and oxygen atoms in total. The Balaban J connectivity index is 1.69. The van der Waals surface area contributed by atoms with Crippen molar-refractivity contribution in [2.45, 2.75) is 33.2 Å². The third kappa shape index (κ3) is 4.06. The maximum absolute atomic E-state index is 12.4. The summed E-state index contributed by atoms with van der Waals surface area (Å²) in [7, 11) is 0. The van der Waals surface area contributed by atoms with Gasteiger partial charge in [-0.2, -0.15) is 5.10 Å². The molecule has 0 radical (unpaired) electrons. The van der Waals surface area contributed by atoms with E-state index in [9.17, 15) is 4.79 Å². The van der Waals surface area contributed by atoms with Crippen LogP contribution in [0, 0.1) is 12.3 Å². The lowest BCUT2D eigenvalue weighted by atomic mass is 9.82. The first kappa shape index (κ1) is 22.7. The summed E-state index contributed by atoms with van der Waals surface area (Å²) in [4.78, 5) is 26.3. The first-order valence-electron chi connectivity index (χ1n) is 11.5. The van der Waals surface area contributed by atoms with Gasteiger partial charge in [-0.05, 0) is 37.1 Å². The third-order valence-electron chi connectivity index (χ3n) is 6.58. The van der Waals surface area contributed by atoms with E-state index in [1.807, 2.05) is 25.1 Å². The molecule has 0 spiro atoms. The van der Waals surface area contributed by atoms with E-state index in [4.69, 9.17) is 21.2 Å². The number of nitrogen functional groups attached to an aromatic ring is 1. The Morgan fingerprint density at radius 3 is 2.86 bits per heavy atom. The number of carbonyl (C=O) groups excluding carboxylic acids is 1. The molecule has 3 aromatic heterocycles. The highest BCUT2D eigenvalue weighted by Gasteiger charge is 2.34. The summed E-state index contributed by atoms with van der Waals surface area (Å²) in [6, 6.07) is 7.70. The minimum absolute atomic E-state index is 0.0360. The molecule has 35 heavy (non-hydrogen) atoms. The fourth-order valence-corrected chi connectivity index (χ4v) is 4.57. The maximum atomic E-state index is 12.4. The number of anilines is 2. The van der Waals surface area contributed by atoms with E-state index in [1.165, 1.54) is 0 Å². The largest absolute Gasteiger partial charge is 0.395 e. The molecule has 0 aliphatic carbocycles. The number of aromatic amines is 1. The summed E-state index contributed by atoms with van der Waals surface area (Å²) in [5.74, 6) is 0.202. The Bertz CT molecular complexity index is 1430. The quantitative estimate of drug-likeness (QED) is 0.344. The molecule has 4 aromatic rings. The van der Waals surface area contributed by atoms with Gasteiger partial charge in [0.1, 0.15) is 5.82 Å². The highest BCUT2D eigenvalue weighted by Crippen LogP contribution is 2.37. The molecule has 0 bridgehead atoms. The summed E-state index contributed by atoms with van der Waals surface area (Å²) >= 11 is 0. The van der Waals surface area contributed by atoms with Gasteiger partial charge in [0.15, 0.2) is 11.5 Å². The Kier molecular flexibility index (Phi) is 5.60. The number of carbonyl (C=O) groups is 1. The molecule has 6 N–H and O–H groups in total. The van der Waals surface area contributed by atoms with Gasteiger partial charge in [0.05, 0.1) is 35.3 Å². The molecule has 1 aromatic carbocycles. The summed E-state index contributed by atoms with van der Waals surface area (Å²) < 4.78 is 5.67. The van der Waals surface area contributed by atoms with Gasteiger partial charge in [0.25, 0.3) is 5.91 Å². The normalized spacial score (nSPS) is 17.4. The third-order valence-corrected chi connectivity index (χ3v) is 6.58. The van der Waals surface area contributed by atoms with Crippen molar-refractivity contribution in [3.05, 3.63) is 47.9 Å². The van der Waals surface area contributed by atoms with Crippen molar-refractivity contribution in [2.75, 3.05) is 24.3 Å². The topological polar surface area (TPSA) is 158 Å². The number of nitrogens with zero attached hydrogens (tertiary/aromatic N) is 4. The van der Waals surface area contributed by atoms with Crippen LogP contribution in [0.2, 0.25) is 0 Å². The van der Waals surface area contributed by atoms with Crippen LogP contribution in [0.15, 0.2) is 36.7 Å². The van der Waals surface area contributed by atoms with Crippen LogP contribution in [0.4, 0.5) is 11.5 Å². The smallest absolute Gasteiger partial charge is 0.269 e. The number of nitrogens with two attached hydrogens (primary N) is 2. The van der Waals surface area contributed by atoms with Gasteiger partial charge >= 0.3 is 0 Å². The fourth-order valence-electron chi connectivity index (χ4n) is 4.57. The van der Waals surface area contributed by atoms with Crippen LogP contribution in [-0.2, 0) is 4.74 Å². The van der Waals surface area contributed by atoms with E-state index >= 15 is 0 Å². The first-order valence-corrected chi connectivity index (χ1v) is 11.5. The Morgan fingerprint density at radius 2 is 2.09 bits per heavy atom. The Morgan fingerprint density at radius 1 is 1.26 bits per heavy atom. The number of nitrogens with one attached hydrogen (secondary N) is 2. The lowest BCUT2D eigenvalue weighted by Gasteiger charge is -2.39. The minimum Gasteiger partial charge on any atom is -0.395 e. The summed E-state index contributed by atoms with van der Waals surface area (Å²) in [6.07, 6.45) is 4.26. The van der Waals surface area contributed by atoms with Crippen molar-refractivity contribution < 1.29 is 9.53 Å². The SMILES string of the molecule is Cc1ccc2[nH]ncc2c1-c1nc(-c2cccnc2N[C@H]2CCOCC2(C)C)nc(C(N)=O)c1N. The second-order valence-electron chi connectivity index (χ2n) is 9.54. The lowest BCUT2D eigenvalue weighted by Crippen LogP contribution is -2.44. The van der Waals surface area contributed by atoms with Crippen molar-refractivity contribution in [2.24, 2.45) is 11.1 Å². The number of primary amides is 1. The Hall–Kier alpha value is -4.05. The molecule has 4 heterocycles. The average molecular weight is 473 g/mol. The van der Waals surface area contributed by atoms with E-state index in [0.29, 0.717) is 36.1 Å². The van der Waals surface area contributed by atoms with E-state index in [0.717, 1.165) is 28.5 Å². The number of hydrogen-bond donors (Lipinski definition) is 4. The maximum Gasteiger partial charge on any atom is 0.269 e. The van der Waals surface area contributed by atoms with E-state index in [-0.39, 0.29) is 22.8 Å². The van der Waals surface area contributed by atoms with Crippen molar-refractivity contribution in [3.8, 4) is 22.6 Å². The minimum atomic E-state index is -0.728. The molecular weight excluding hydrogens is 444 g/mol. The molecule has 10 heteroatoms. The number of aromatic nitrogens is 5. The van der Waals surface area contributed by atoms with E-state index < -0.39 is 5.91 Å². The second kappa shape index (κ2) is 8.62. The van der Waals surface area contributed by atoms with Crippen LogP contribution in [0.3, 0.4) is 0 Å². The van der Waals surface area contributed by atoms with Gasteiger partial charge in [-0.1, -0.05) is 19.9 Å². The highest BCUT2D eigenvalue weighted by molar-refractivity contribution is 6.04. The predicted octanol–water partition coefficient (Wildman–Crippen LogP) is 3.30. The standard InChI is InChI=1S/C25H28N8O2/c1-13-6-7-16-15(11-29-33-16)18(13)20-19(26)21(22(27)34)32-24(31-20)14-5-4-9-28-23(14)30-17-8-10-35-12-25(17,2)3/h4-7,9,11,17H,8,10,12,26H2,1-3H3,(H2,27,34)(H,28,30)(H,29,33)/t17-/m0/s1. The number of benzene rings is 1. The monoisotopic (exact) mass is 472 g/mol. The average Bonchev–Trinajstić information content (AvgIpc) is 3.30. The van der Waals surface area contributed by atoms with E-state index in [2.05, 4.69) is 39.3 Å². The molecule has 0 unspecified atom stereocenters. The number of amides is 1. The summed E-state index contributed by atoms with van der Waals surface area (Å²) in [5, 5.41) is 11.5. The van der Waals surface area contributed by atoms with Gasteiger partial charge in [0, 0.05) is 35.2 Å². The number of ether oxygens (including phenoxy) is 1. The number of rotatable bonds is 5. The van der Waals surface area contributed by atoms with E-state index in [1.54, 1.807) is 18.5 Å². The summed E-state index contributed by atoms with van der Waals surface area (Å²) in [5.41, 5.74) is 15.7. The number of H-pyrrole nitrogens is 1. The zero-order chi connectivity index (χ0) is 24.7. The van der Waals surface area contributed by atoms with Crippen molar-refractivity contribution >= 4 is 28.3 Å². The molecular formula is C25H28N8O2. The van der Waals surface area contributed by atoms with Crippen molar-refractivity contribution in [3.63, 3.8) is 0 Å². The van der Waals surface area contributed by atoms with Gasteiger partial charge in [0.2, 0.25) is 0 Å². The van der Waals surface area contributed by atoms with Crippen molar-refractivity contribution in [1.29, 1.82) is 0 Å². The first-order chi connectivity index (χ1) is 16.8. The molecule has 1 aliphatic rings. The molecule has 0 saturated carbocycles. The fraction of sp³-hybridized carbons (Fsp3) is 0.320. The van der Waals surface area contributed by atoms with Crippen LogP contribution >= 0.6 is 0 Å². The zero-order valence-corrected chi connectivity index (χ0v) is 19.9. The molecule has 1 fully saturated rings. The molecule has 180 valence electrons. The molecule has 5 rings (SSSR count). The second-order valence-corrected chi connectivity index (χ2v) is 9.54. The van der Waals surface area contributed by atoms with Crippen LogP contribution in [-0.4, -0.2) is 50.3 Å². The number of pyridine rings is 1. The number of aryl methyl sites for hydroxylation is 1. The van der Waals surface area contributed by atoms with Gasteiger partial charge in [-0.15, -0.1) is 0 Å². The molecule has 1 amide bonds. The molecule has 1 saturated heterocycles. The molecule has 1 aliphatic heterocycles. The van der Waals surface area contributed by atoms with Gasteiger partial charge < -0.3 is 21.5 Å². The Labute approximate surface area is 202 Å². The number of hydrogen-bond acceptors (Lipinski definition) is 8. The zero-order valence-electron chi connectivity index (χ0n) is 19.9. The van der Waals surface area contributed by atoms with Gasteiger partial charge in [-0.25, -0.2) is 15.0 Å². The van der Waals surface area contributed by atoms with Crippen LogP contribution in [0.25, 0.3) is 33.5 Å². The van der Waals surface area contributed by atoms with Crippen LogP contribution in [0.5, 0.6) is 0 Å². The number of fused-ring (bicyclic) bond motifs is 1. The van der Waals surface area contributed by atoms with Crippen molar-refractivity contribution in [1.82, 2.24) is 25.1 Å². The van der Waals surface area contributed by atoms with Crippen LogP contribution < -0.4 is 16.8 Å². The lowest BCUT2D eigenvalue weighted by molar-refractivity contribution is 0.00339. The highest BCUT2D eigenvalue weighted by atomic mass is 16.5. The van der Waals surface area contributed by atoms with Gasteiger partial charge in [-0.3, -0.25) is 9.89 Å². The predicted molar refractivity (Wildman–Crippen MR) is 135 cm³/mol. The summed E-state index contributed by atoms with van der Waals surface area (Å²) in [6.45, 7) is 7.59.